The average Bonchev–Trinajstić information content (AvgIpc) is 2.92. The number of ether oxygens (including phenoxy) is 1. The Bertz CT molecular complexity index is 425. The Morgan fingerprint density at radius 2 is 2.00 bits per heavy atom. The number of methoxy groups -OCH3 is 1. The van der Waals surface area contributed by atoms with Gasteiger partial charge in [0.05, 0.1) is 18.9 Å². The van der Waals surface area contributed by atoms with Crippen molar-refractivity contribution in [3.8, 4) is 0 Å². The Morgan fingerprint density at radius 3 is 2.67 bits per heavy atom. The van der Waals surface area contributed by atoms with Gasteiger partial charge in [0.25, 0.3) is 0 Å². The van der Waals surface area contributed by atoms with Crippen molar-refractivity contribution < 1.29 is 9.15 Å². The van der Waals surface area contributed by atoms with Crippen molar-refractivity contribution in [1.29, 1.82) is 0 Å². The maximum absolute atomic E-state index is 5.31. The lowest BCUT2D eigenvalue weighted by molar-refractivity contribution is 0.167. The molecule has 96 valence electrons. The molecule has 1 aromatic heterocycles. The summed E-state index contributed by atoms with van der Waals surface area (Å²) in [6, 6.07) is 14.5. The van der Waals surface area contributed by atoms with Gasteiger partial charge in [-0.3, -0.25) is 0 Å². The van der Waals surface area contributed by atoms with E-state index in [1.54, 1.807) is 13.4 Å². The molecule has 1 N–H and O–H groups in total. The topological polar surface area (TPSA) is 34.4 Å². The minimum absolute atomic E-state index is 0.228. The highest BCUT2D eigenvalue weighted by atomic mass is 16.5. The quantitative estimate of drug-likeness (QED) is 0.814. The zero-order chi connectivity index (χ0) is 12.6. The number of rotatable bonds is 7. The second-order valence-corrected chi connectivity index (χ2v) is 4.20. The molecule has 0 saturated carbocycles. The lowest BCUT2D eigenvalue weighted by Crippen LogP contribution is -2.27. The highest BCUT2D eigenvalue weighted by molar-refractivity contribution is 5.19. The first-order valence-corrected chi connectivity index (χ1v) is 6.20. The smallest absolute Gasteiger partial charge is 0.105 e. The molecule has 0 fully saturated rings. The van der Waals surface area contributed by atoms with Crippen LogP contribution in [0.3, 0.4) is 0 Å². The van der Waals surface area contributed by atoms with Crippen molar-refractivity contribution in [3.05, 3.63) is 60.1 Å². The monoisotopic (exact) mass is 245 g/mol. The summed E-state index contributed by atoms with van der Waals surface area (Å²) in [5, 5.41) is 3.49. The molecule has 0 spiro atoms. The first-order chi connectivity index (χ1) is 8.90. The molecule has 0 aliphatic heterocycles. The van der Waals surface area contributed by atoms with Crippen LogP contribution in [0.2, 0.25) is 0 Å². The lowest BCUT2D eigenvalue weighted by Gasteiger charge is -2.18. The third-order valence-corrected chi connectivity index (χ3v) is 2.88. The Morgan fingerprint density at radius 1 is 1.17 bits per heavy atom. The van der Waals surface area contributed by atoms with Crippen LogP contribution >= 0.6 is 0 Å². The van der Waals surface area contributed by atoms with E-state index < -0.39 is 0 Å². The molecule has 0 saturated heterocycles. The van der Waals surface area contributed by atoms with E-state index in [0.29, 0.717) is 6.61 Å². The number of nitrogens with one attached hydrogen (secondary N) is 1. The molecule has 1 unspecified atom stereocenters. The van der Waals surface area contributed by atoms with Crippen molar-refractivity contribution >= 4 is 0 Å². The van der Waals surface area contributed by atoms with Gasteiger partial charge in [-0.15, -0.1) is 0 Å². The Hall–Kier alpha value is -1.58. The summed E-state index contributed by atoms with van der Waals surface area (Å²) < 4.78 is 10.6. The second kappa shape index (κ2) is 6.99. The third-order valence-electron chi connectivity index (χ3n) is 2.88. The zero-order valence-electron chi connectivity index (χ0n) is 10.6. The summed E-state index contributed by atoms with van der Waals surface area (Å²) in [4.78, 5) is 0. The largest absolute Gasteiger partial charge is 0.469 e. The molecule has 1 atom stereocenters. The normalized spacial score (nSPS) is 12.5. The maximum Gasteiger partial charge on any atom is 0.105 e. The first kappa shape index (κ1) is 12.9. The fourth-order valence-corrected chi connectivity index (χ4v) is 1.95. The molecule has 0 bridgehead atoms. The first-order valence-electron chi connectivity index (χ1n) is 6.20. The number of furan rings is 1. The highest BCUT2D eigenvalue weighted by Gasteiger charge is 2.09. The lowest BCUT2D eigenvalue weighted by atomic mass is 10.1. The van der Waals surface area contributed by atoms with E-state index in [1.165, 1.54) is 5.56 Å². The molecular weight excluding hydrogens is 226 g/mol. The van der Waals surface area contributed by atoms with Crippen LogP contribution in [0, 0.1) is 0 Å². The summed E-state index contributed by atoms with van der Waals surface area (Å²) in [6.45, 7) is 1.54. The van der Waals surface area contributed by atoms with Gasteiger partial charge < -0.3 is 14.5 Å². The molecule has 18 heavy (non-hydrogen) atoms. The number of hydrogen-bond acceptors (Lipinski definition) is 3. The van der Waals surface area contributed by atoms with Crippen LogP contribution < -0.4 is 5.32 Å². The molecule has 0 aliphatic rings. The average molecular weight is 245 g/mol. The van der Waals surface area contributed by atoms with Crippen LogP contribution in [0.15, 0.2) is 53.1 Å². The van der Waals surface area contributed by atoms with Gasteiger partial charge in [0, 0.05) is 20.1 Å². The van der Waals surface area contributed by atoms with Crippen LogP contribution in [-0.4, -0.2) is 20.3 Å². The van der Waals surface area contributed by atoms with Crippen LogP contribution in [0.5, 0.6) is 0 Å². The molecular formula is C15H19NO2. The summed E-state index contributed by atoms with van der Waals surface area (Å²) in [5.41, 5.74) is 1.25. The summed E-state index contributed by atoms with van der Waals surface area (Å²) in [7, 11) is 1.73. The Kier molecular flexibility index (Phi) is 5.00. The third kappa shape index (κ3) is 3.72. The van der Waals surface area contributed by atoms with Gasteiger partial charge in [0.1, 0.15) is 5.76 Å². The van der Waals surface area contributed by atoms with E-state index in [-0.39, 0.29) is 6.04 Å². The molecule has 0 amide bonds. The summed E-state index contributed by atoms with van der Waals surface area (Å²) >= 11 is 0. The van der Waals surface area contributed by atoms with E-state index in [1.807, 2.05) is 30.3 Å². The van der Waals surface area contributed by atoms with Crippen LogP contribution in [0.25, 0.3) is 0 Å². The van der Waals surface area contributed by atoms with Gasteiger partial charge in [-0.05, 0) is 17.7 Å². The van der Waals surface area contributed by atoms with Gasteiger partial charge in [0.15, 0.2) is 0 Å². The number of hydrogen-bond donors (Lipinski definition) is 1. The molecule has 1 heterocycles. The van der Waals surface area contributed by atoms with Crippen molar-refractivity contribution in [1.82, 2.24) is 5.32 Å². The zero-order valence-corrected chi connectivity index (χ0v) is 10.6. The molecule has 0 aliphatic carbocycles. The van der Waals surface area contributed by atoms with E-state index in [9.17, 15) is 0 Å². The van der Waals surface area contributed by atoms with E-state index in [0.717, 1.165) is 18.7 Å². The maximum atomic E-state index is 5.31. The van der Waals surface area contributed by atoms with Crippen molar-refractivity contribution in [3.63, 3.8) is 0 Å². The second-order valence-electron chi connectivity index (χ2n) is 4.20. The van der Waals surface area contributed by atoms with Crippen LogP contribution in [0.1, 0.15) is 17.4 Å². The molecule has 3 heteroatoms. The van der Waals surface area contributed by atoms with Crippen molar-refractivity contribution in [2.45, 2.75) is 12.5 Å². The predicted molar refractivity (Wildman–Crippen MR) is 71.5 cm³/mol. The Balaban J connectivity index is 1.87. The minimum Gasteiger partial charge on any atom is -0.469 e. The molecule has 2 aromatic rings. The van der Waals surface area contributed by atoms with Gasteiger partial charge in [-0.1, -0.05) is 30.3 Å². The van der Waals surface area contributed by atoms with Crippen LogP contribution in [0.4, 0.5) is 0 Å². The van der Waals surface area contributed by atoms with Gasteiger partial charge in [-0.2, -0.15) is 0 Å². The fourth-order valence-electron chi connectivity index (χ4n) is 1.95. The van der Waals surface area contributed by atoms with Crippen molar-refractivity contribution in [2.24, 2.45) is 0 Å². The molecule has 1 aromatic carbocycles. The minimum atomic E-state index is 0.228. The summed E-state index contributed by atoms with van der Waals surface area (Å²) in [5.74, 6) is 1.01. The summed E-state index contributed by atoms with van der Waals surface area (Å²) in [6.07, 6.45) is 2.60. The van der Waals surface area contributed by atoms with Gasteiger partial charge in [-0.25, -0.2) is 0 Å². The molecule has 3 nitrogen and oxygen atoms in total. The number of benzene rings is 1. The van der Waals surface area contributed by atoms with E-state index in [4.69, 9.17) is 9.15 Å². The van der Waals surface area contributed by atoms with Crippen molar-refractivity contribution in [2.75, 3.05) is 20.3 Å². The predicted octanol–water partition coefficient (Wildman–Crippen LogP) is 2.80. The fraction of sp³-hybridized carbons (Fsp3) is 0.333. The highest BCUT2D eigenvalue weighted by Crippen LogP contribution is 2.12. The van der Waals surface area contributed by atoms with Crippen LogP contribution in [-0.2, 0) is 11.2 Å². The standard InChI is InChI=1S/C15H19NO2/c1-17-12-15(13-6-3-2-4-7-13)16-10-9-14-8-5-11-18-14/h2-8,11,15-16H,9-10,12H2,1H3. The SMILES string of the molecule is COCC(NCCc1ccco1)c1ccccc1. The van der Waals surface area contributed by atoms with Gasteiger partial charge in [0.2, 0.25) is 0 Å². The molecule has 2 rings (SSSR count). The van der Waals surface area contributed by atoms with Gasteiger partial charge >= 0.3 is 0 Å². The van der Waals surface area contributed by atoms with E-state index >= 15 is 0 Å². The molecule has 0 radical (unpaired) electrons. The van der Waals surface area contributed by atoms with E-state index in [2.05, 4.69) is 17.4 Å². The Labute approximate surface area is 108 Å².